The van der Waals surface area contributed by atoms with Crippen molar-refractivity contribution >= 4 is 12.0 Å². The van der Waals surface area contributed by atoms with Gasteiger partial charge in [-0.05, 0) is 17.9 Å². The summed E-state index contributed by atoms with van der Waals surface area (Å²) in [5.41, 5.74) is 0.995. The quantitative estimate of drug-likeness (QED) is 0.871. The van der Waals surface area contributed by atoms with Crippen molar-refractivity contribution in [1.82, 2.24) is 10.2 Å². The van der Waals surface area contributed by atoms with E-state index in [-0.39, 0.29) is 11.9 Å². The van der Waals surface area contributed by atoms with Gasteiger partial charge in [0.05, 0.1) is 0 Å². The first-order valence-corrected chi connectivity index (χ1v) is 6.41. The van der Waals surface area contributed by atoms with E-state index in [4.69, 9.17) is 5.11 Å². The average molecular weight is 262 g/mol. The molecule has 2 amide bonds. The highest BCUT2D eigenvalue weighted by Crippen LogP contribution is 2.24. The van der Waals surface area contributed by atoms with Crippen LogP contribution in [0, 0.1) is 5.92 Å². The lowest BCUT2D eigenvalue weighted by atomic mass is 10.0. The average Bonchev–Trinajstić information content (AvgIpc) is 2.79. The number of hydrogen-bond donors (Lipinski definition) is 2. The van der Waals surface area contributed by atoms with Crippen LogP contribution in [0.4, 0.5) is 4.79 Å². The first kappa shape index (κ1) is 13.4. The van der Waals surface area contributed by atoms with Gasteiger partial charge in [0.2, 0.25) is 0 Å². The Labute approximate surface area is 112 Å². The van der Waals surface area contributed by atoms with Gasteiger partial charge in [-0.25, -0.2) is 9.59 Å². The molecule has 0 spiro atoms. The number of likely N-dealkylation sites (tertiary alicyclic amines) is 1. The second-order valence-corrected chi connectivity index (χ2v) is 4.89. The second-order valence-electron chi connectivity index (χ2n) is 4.89. The standard InChI is InChI=1S/C14H18N2O3/c1-10-7-8-16(12(10)13(17)18)14(19)15-9-11-5-3-2-4-6-11/h2-6,10,12H,7-9H2,1H3,(H,15,19)(H,17,18). The zero-order chi connectivity index (χ0) is 13.8. The van der Waals surface area contributed by atoms with Crippen LogP contribution in [0.2, 0.25) is 0 Å². The Hall–Kier alpha value is -2.04. The molecule has 2 unspecified atom stereocenters. The van der Waals surface area contributed by atoms with Gasteiger partial charge in [0, 0.05) is 13.1 Å². The molecule has 1 heterocycles. The number of benzene rings is 1. The Balaban J connectivity index is 1.95. The van der Waals surface area contributed by atoms with Gasteiger partial charge in [0.1, 0.15) is 6.04 Å². The Bertz CT molecular complexity index is 461. The smallest absolute Gasteiger partial charge is 0.326 e. The number of carbonyl (C=O) groups excluding carboxylic acids is 1. The summed E-state index contributed by atoms with van der Waals surface area (Å²) in [6.07, 6.45) is 0.732. The molecule has 102 valence electrons. The third kappa shape index (κ3) is 3.05. The molecule has 2 N–H and O–H groups in total. The number of aliphatic carboxylic acids is 1. The van der Waals surface area contributed by atoms with Crippen LogP contribution in [0.3, 0.4) is 0 Å². The molecule has 0 aliphatic carbocycles. The molecule has 1 aromatic carbocycles. The zero-order valence-corrected chi connectivity index (χ0v) is 10.9. The Kier molecular flexibility index (Phi) is 4.04. The van der Waals surface area contributed by atoms with E-state index in [0.717, 1.165) is 12.0 Å². The normalized spacial score (nSPS) is 22.3. The summed E-state index contributed by atoms with van der Waals surface area (Å²) in [5.74, 6) is -0.931. The third-order valence-corrected chi connectivity index (χ3v) is 3.50. The monoisotopic (exact) mass is 262 g/mol. The SMILES string of the molecule is CC1CCN(C(=O)NCc2ccccc2)C1C(=O)O. The number of rotatable bonds is 3. The Morgan fingerprint density at radius 3 is 2.68 bits per heavy atom. The fraction of sp³-hybridized carbons (Fsp3) is 0.429. The number of amides is 2. The van der Waals surface area contributed by atoms with Crippen molar-refractivity contribution in [2.45, 2.75) is 25.9 Å². The molecular formula is C14H18N2O3. The molecule has 0 saturated carbocycles. The number of hydrogen-bond acceptors (Lipinski definition) is 2. The number of urea groups is 1. The van der Waals surface area contributed by atoms with E-state index < -0.39 is 12.0 Å². The van der Waals surface area contributed by atoms with Gasteiger partial charge >= 0.3 is 12.0 Å². The van der Waals surface area contributed by atoms with Gasteiger partial charge in [-0.15, -0.1) is 0 Å². The van der Waals surface area contributed by atoms with E-state index >= 15 is 0 Å². The van der Waals surface area contributed by atoms with E-state index in [1.807, 2.05) is 37.3 Å². The van der Waals surface area contributed by atoms with Crippen molar-refractivity contribution < 1.29 is 14.7 Å². The lowest BCUT2D eigenvalue weighted by Gasteiger charge is -2.23. The summed E-state index contributed by atoms with van der Waals surface area (Å²) in [6.45, 7) is 2.78. The van der Waals surface area contributed by atoms with E-state index in [9.17, 15) is 9.59 Å². The van der Waals surface area contributed by atoms with Gasteiger partial charge in [0.15, 0.2) is 0 Å². The third-order valence-electron chi connectivity index (χ3n) is 3.50. The molecule has 2 atom stereocenters. The van der Waals surface area contributed by atoms with Crippen molar-refractivity contribution in [2.24, 2.45) is 5.92 Å². The van der Waals surface area contributed by atoms with Crippen LogP contribution < -0.4 is 5.32 Å². The van der Waals surface area contributed by atoms with Crippen molar-refractivity contribution in [1.29, 1.82) is 0 Å². The number of nitrogens with zero attached hydrogens (tertiary/aromatic N) is 1. The number of carboxylic acids is 1. The predicted molar refractivity (Wildman–Crippen MR) is 70.6 cm³/mol. The second kappa shape index (κ2) is 5.73. The molecular weight excluding hydrogens is 244 g/mol. The molecule has 19 heavy (non-hydrogen) atoms. The van der Waals surface area contributed by atoms with Gasteiger partial charge in [-0.3, -0.25) is 0 Å². The first-order valence-electron chi connectivity index (χ1n) is 6.41. The highest BCUT2D eigenvalue weighted by molar-refractivity contribution is 5.83. The Morgan fingerprint density at radius 2 is 2.05 bits per heavy atom. The molecule has 1 aromatic rings. The van der Waals surface area contributed by atoms with Gasteiger partial charge in [-0.2, -0.15) is 0 Å². The highest BCUT2D eigenvalue weighted by atomic mass is 16.4. The summed E-state index contributed by atoms with van der Waals surface area (Å²) in [4.78, 5) is 24.6. The van der Waals surface area contributed by atoms with Crippen LogP contribution in [0.25, 0.3) is 0 Å². The van der Waals surface area contributed by atoms with Crippen LogP contribution in [-0.4, -0.2) is 34.6 Å². The van der Waals surface area contributed by atoms with E-state index in [2.05, 4.69) is 5.32 Å². The van der Waals surface area contributed by atoms with Crippen LogP contribution in [0.1, 0.15) is 18.9 Å². The molecule has 0 radical (unpaired) electrons. The molecule has 1 saturated heterocycles. The van der Waals surface area contributed by atoms with Crippen molar-refractivity contribution in [3.05, 3.63) is 35.9 Å². The summed E-state index contributed by atoms with van der Waals surface area (Å²) >= 11 is 0. The van der Waals surface area contributed by atoms with E-state index in [1.54, 1.807) is 0 Å². The van der Waals surface area contributed by atoms with Crippen molar-refractivity contribution in [3.63, 3.8) is 0 Å². The number of carbonyl (C=O) groups is 2. The Morgan fingerprint density at radius 1 is 1.37 bits per heavy atom. The van der Waals surface area contributed by atoms with Crippen molar-refractivity contribution in [2.75, 3.05) is 6.54 Å². The minimum absolute atomic E-state index is 0.0000229. The van der Waals surface area contributed by atoms with E-state index in [1.165, 1.54) is 4.90 Å². The minimum Gasteiger partial charge on any atom is -0.480 e. The summed E-state index contributed by atoms with van der Waals surface area (Å²) in [6, 6.07) is 8.53. The van der Waals surface area contributed by atoms with Crippen molar-refractivity contribution in [3.8, 4) is 0 Å². The topological polar surface area (TPSA) is 69.6 Å². The minimum atomic E-state index is -0.931. The summed E-state index contributed by atoms with van der Waals surface area (Å²) in [7, 11) is 0. The molecule has 1 aliphatic heterocycles. The lowest BCUT2D eigenvalue weighted by Crippen LogP contribution is -2.47. The molecule has 0 bridgehead atoms. The molecule has 5 nitrogen and oxygen atoms in total. The molecule has 1 aliphatic rings. The van der Waals surface area contributed by atoms with Crippen LogP contribution in [-0.2, 0) is 11.3 Å². The van der Waals surface area contributed by atoms with Crippen LogP contribution in [0.15, 0.2) is 30.3 Å². The molecule has 2 rings (SSSR count). The summed E-state index contributed by atoms with van der Waals surface area (Å²) in [5, 5.41) is 11.9. The fourth-order valence-electron chi connectivity index (χ4n) is 2.43. The summed E-state index contributed by atoms with van der Waals surface area (Å²) < 4.78 is 0. The maximum Gasteiger partial charge on any atom is 0.326 e. The highest BCUT2D eigenvalue weighted by Gasteiger charge is 2.39. The van der Waals surface area contributed by atoms with Gasteiger partial charge in [-0.1, -0.05) is 37.3 Å². The van der Waals surface area contributed by atoms with Gasteiger partial charge in [0.25, 0.3) is 0 Å². The molecule has 5 heteroatoms. The first-order chi connectivity index (χ1) is 9.09. The maximum absolute atomic E-state index is 12.0. The molecule has 1 fully saturated rings. The largest absolute Gasteiger partial charge is 0.480 e. The van der Waals surface area contributed by atoms with Crippen LogP contribution >= 0.6 is 0 Å². The zero-order valence-electron chi connectivity index (χ0n) is 10.9. The fourth-order valence-corrected chi connectivity index (χ4v) is 2.43. The maximum atomic E-state index is 12.0. The van der Waals surface area contributed by atoms with Crippen LogP contribution in [0.5, 0.6) is 0 Å². The lowest BCUT2D eigenvalue weighted by molar-refractivity contribution is -0.142. The number of nitrogens with one attached hydrogen (secondary N) is 1. The number of carboxylic acid groups (broad SMARTS) is 1. The predicted octanol–water partition coefficient (Wildman–Crippen LogP) is 1.69. The van der Waals surface area contributed by atoms with Gasteiger partial charge < -0.3 is 15.3 Å². The molecule has 0 aromatic heterocycles. The van der Waals surface area contributed by atoms with E-state index in [0.29, 0.717) is 13.1 Å².